The van der Waals surface area contributed by atoms with Gasteiger partial charge in [0, 0.05) is 0 Å². The molecule has 0 aliphatic heterocycles. The molecule has 23 heavy (non-hydrogen) atoms. The zero-order valence-corrected chi connectivity index (χ0v) is 14.0. The van der Waals surface area contributed by atoms with Crippen LogP contribution in [0.5, 0.6) is 5.75 Å². The van der Waals surface area contributed by atoms with Gasteiger partial charge in [-0.2, -0.15) is 8.42 Å². The Morgan fingerprint density at radius 1 is 0.957 bits per heavy atom. The largest absolute Gasteiger partial charge is 0.465 e. The van der Waals surface area contributed by atoms with E-state index >= 15 is 0 Å². The molecule has 0 fully saturated rings. The second-order valence-electron chi connectivity index (χ2n) is 5.28. The molecule has 2 rings (SSSR count). The highest BCUT2D eigenvalue weighted by molar-refractivity contribution is 7.87. The van der Waals surface area contributed by atoms with Crippen LogP contribution >= 0.6 is 0 Å². The fourth-order valence-electron chi connectivity index (χ4n) is 1.96. The second kappa shape index (κ2) is 6.83. The summed E-state index contributed by atoms with van der Waals surface area (Å²) in [5.74, 6) is 0.0668. The van der Waals surface area contributed by atoms with Crippen molar-refractivity contribution in [1.82, 2.24) is 0 Å². The van der Waals surface area contributed by atoms with Gasteiger partial charge in [0.25, 0.3) is 0 Å². The van der Waals surface area contributed by atoms with Crippen LogP contribution in [0.4, 0.5) is 0 Å². The second-order valence-corrected chi connectivity index (χ2v) is 6.82. The fourth-order valence-corrected chi connectivity index (χ4v) is 2.89. The van der Waals surface area contributed by atoms with E-state index in [4.69, 9.17) is 4.18 Å². The van der Waals surface area contributed by atoms with Crippen molar-refractivity contribution >= 4 is 16.1 Å². The monoisotopic (exact) mass is 334 g/mol. The normalized spacial score (nSPS) is 11.3. The van der Waals surface area contributed by atoms with Crippen molar-refractivity contribution in [3.63, 3.8) is 0 Å². The van der Waals surface area contributed by atoms with E-state index in [1.165, 1.54) is 31.4 Å². The van der Waals surface area contributed by atoms with Gasteiger partial charge in [-0.1, -0.05) is 26.0 Å². The lowest BCUT2D eigenvalue weighted by molar-refractivity contribution is 0.0600. The summed E-state index contributed by atoms with van der Waals surface area (Å²) in [7, 11) is -2.69. The number of carbonyl (C=O) groups excluding carboxylic acids is 1. The van der Waals surface area contributed by atoms with E-state index < -0.39 is 16.1 Å². The predicted octanol–water partition coefficient (Wildman–Crippen LogP) is 3.36. The molecule has 2 aromatic carbocycles. The number of carbonyl (C=O) groups is 1. The Labute approximate surface area is 136 Å². The number of benzene rings is 2. The summed E-state index contributed by atoms with van der Waals surface area (Å²) in [5, 5.41) is 0. The number of esters is 1. The van der Waals surface area contributed by atoms with E-state index in [1.54, 1.807) is 12.1 Å². The van der Waals surface area contributed by atoms with Gasteiger partial charge in [-0.05, 0) is 47.9 Å². The van der Waals surface area contributed by atoms with E-state index in [0.29, 0.717) is 5.92 Å². The molecular formula is C17H18O5S. The molecule has 0 saturated heterocycles. The first-order chi connectivity index (χ1) is 10.8. The van der Waals surface area contributed by atoms with Crippen LogP contribution in [0.3, 0.4) is 0 Å². The number of hydrogen-bond donors (Lipinski definition) is 0. The van der Waals surface area contributed by atoms with Crippen LogP contribution in [0.15, 0.2) is 53.4 Å². The minimum Gasteiger partial charge on any atom is -0.465 e. The van der Waals surface area contributed by atoms with E-state index in [0.717, 1.165) is 5.56 Å². The lowest BCUT2D eigenvalue weighted by atomic mass is 10.0. The summed E-state index contributed by atoms with van der Waals surface area (Å²) in [5.41, 5.74) is 1.37. The standard InChI is InChI=1S/C17H18O5S/c1-12(2)13-4-8-15(9-5-13)22-23(19,20)16-10-6-14(7-11-16)17(18)21-3/h4-12H,1-3H3. The smallest absolute Gasteiger partial charge is 0.339 e. The highest BCUT2D eigenvalue weighted by atomic mass is 32.2. The average Bonchev–Trinajstić information content (AvgIpc) is 2.54. The molecule has 2 aromatic rings. The van der Waals surface area contributed by atoms with Crippen molar-refractivity contribution in [2.75, 3.05) is 7.11 Å². The highest BCUT2D eigenvalue weighted by Gasteiger charge is 2.17. The third-order valence-corrected chi connectivity index (χ3v) is 4.58. The van der Waals surface area contributed by atoms with E-state index in [2.05, 4.69) is 18.6 Å². The Balaban J connectivity index is 2.19. The van der Waals surface area contributed by atoms with E-state index in [-0.39, 0.29) is 16.2 Å². The molecule has 122 valence electrons. The van der Waals surface area contributed by atoms with Crippen LogP contribution < -0.4 is 4.18 Å². The Bertz CT molecular complexity index is 775. The van der Waals surface area contributed by atoms with E-state index in [9.17, 15) is 13.2 Å². The summed E-state index contributed by atoms with van der Waals surface area (Å²) in [4.78, 5) is 11.3. The van der Waals surface area contributed by atoms with Gasteiger partial charge in [-0.3, -0.25) is 0 Å². The Morgan fingerprint density at radius 3 is 2.00 bits per heavy atom. The van der Waals surface area contributed by atoms with Gasteiger partial charge in [-0.25, -0.2) is 4.79 Å². The van der Waals surface area contributed by atoms with Gasteiger partial charge in [-0.15, -0.1) is 0 Å². The summed E-state index contributed by atoms with van der Waals surface area (Å²) in [6.07, 6.45) is 0. The molecule has 0 radical (unpaired) electrons. The highest BCUT2D eigenvalue weighted by Crippen LogP contribution is 2.22. The molecule has 0 amide bonds. The molecule has 6 heteroatoms. The van der Waals surface area contributed by atoms with Crippen LogP contribution in [0.1, 0.15) is 35.7 Å². The van der Waals surface area contributed by atoms with Gasteiger partial charge < -0.3 is 8.92 Å². The molecule has 5 nitrogen and oxygen atoms in total. The number of ether oxygens (including phenoxy) is 1. The van der Waals surface area contributed by atoms with Crippen LogP contribution in [0.2, 0.25) is 0 Å². The maximum absolute atomic E-state index is 12.2. The quantitative estimate of drug-likeness (QED) is 0.619. The van der Waals surface area contributed by atoms with Crippen molar-refractivity contribution in [1.29, 1.82) is 0 Å². The van der Waals surface area contributed by atoms with Gasteiger partial charge >= 0.3 is 16.1 Å². The molecule has 0 N–H and O–H groups in total. The fraction of sp³-hybridized carbons (Fsp3) is 0.235. The minimum absolute atomic E-state index is 0.0295. The molecule has 0 heterocycles. The maximum Gasteiger partial charge on any atom is 0.339 e. The first kappa shape index (κ1) is 17.0. The zero-order chi connectivity index (χ0) is 17.0. The zero-order valence-electron chi connectivity index (χ0n) is 13.1. The lowest BCUT2D eigenvalue weighted by Crippen LogP contribution is -2.10. The van der Waals surface area contributed by atoms with Crippen LogP contribution in [0, 0.1) is 0 Å². The topological polar surface area (TPSA) is 69.7 Å². The van der Waals surface area contributed by atoms with Crippen molar-refractivity contribution in [2.45, 2.75) is 24.7 Å². The van der Waals surface area contributed by atoms with Crippen molar-refractivity contribution in [3.8, 4) is 5.75 Å². The molecule has 0 aromatic heterocycles. The van der Waals surface area contributed by atoms with Crippen LogP contribution in [-0.2, 0) is 14.9 Å². The van der Waals surface area contributed by atoms with Crippen molar-refractivity contribution < 1.29 is 22.1 Å². The lowest BCUT2D eigenvalue weighted by Gasteiger charge is -2.09. The Morgan fingerprint density at radius 2 is 1.52 bits per heavy atom. The Kier molecular flexibility index (Phi) is 5.05. The summed E-state index contributed by atoms with van der Waals surface area (Å²) in [6, 6.07) is 12.3. The average molecular weight is 334 g/mol. The maximum atomic E-state index is 12.2. The third-order valence-electron chi connectivity index (χ3n) is 3.32. The van der Waals surface area contributed by atoms with Crippen molar-refractivity contribution in [2.24, 2.45) is 0 Å². The van der Waals surface area contributed by atoms with Crippen LogP contribution in [0.25, 0.3) is 0 Å². The minimum atomic E-state index is -3.95. The van der Waals surface area contributed by atoms with Gasteiger partial charge in [0.05, 0.1) is 12.7 Å². The molecule has 0 unspecified atom stereocenters. The third kappa shape index (κ3) is 4.10. The Hall–Kier alpha value is -2.34. The number of rotatable bonds is 5. The molecule has 0 saturated carbocycles. The van der Waals surface area contributed by atoms with Crippen LogP contribution in [-0.4, -0.2) is 21.5 Å². The first-order valence-corrected chi connectivity index (χ1v) is 8.47. The molecular weight excluding hydrogens is 316 g/mol. The summed E-state index contributed by atoms with van der Waals surface area (Å²) < 4.78 is 34.1. The summed E-state index contributed by atoms with van der Waals surface area (Å²) in [6.45, 7) is 4.10. The molecule has 0 spiro atoms. The molecule has 0 aliphatic rings. The van der Waals surface area contributed by atoms with E-state index in [1.807, 2.05) is 12.1 Å². The van der Waals surface area contributed by atoms with Gasteiger partial charge in [0.1, 0.15) is 10.6 Å². The first-order valence-electron chi connectivity index (χ1n) is 7.06. The molecule has 0 bridgehead atoms. The predicted molar refractivity (Wildman–Crippen MR) is 86.1 cm³/mol. The van der Waals surface area contributed by atoms with Gasteiger partial charge in [0.2, 0.25) is 0 Å². The number of hydrogen-bond acceptors (Lipinski definition) is 5. The van der Waals surface area contributed by atoms with Crippen molar-refractivity contribution in [3.05, 3.63) is 59.7 Å². The van der Waals surface area contributed by atoms with Gasteiger partial charge in [0.15, 0.2) is 0 Å². The SMILES string of the molecule is COC(=O)c1ccc(S(=O)(=O)Oc2ccc(C(C)C)cc2)cc1. The summed E-state index contributed by atoms with van der Waals surface area (Å²) >= 11 is 0. The number of methoxy groups -OCH3 is 1. The molecule has 0 atom stereocenters. The molecule has 0 aliphatic carbocycles.